The Labute approximate surface area is 157 Å². The highest BCUT2D eigenvalue weighted by atomic mass is 32.2. The fourth-order valence-corrected chi connectivity index (χ4v) is 5.61. The van der Waals surface area contributed by atoms with Gasteiger partial charge in [-0.15, -0.1) is 0 Å². The number of hydrogen-bond donors (Lipinski definition) is 0. The molecule has 0 aromatic heterocycles. The van der Waals surface area contributed by atoms with Gasteiger partial charge in [0.05, 0.1) is 22.1 Å². The van der Waals surface area contributed by atoms with Crippen LogP contribution < -0.4 is 0 Å². The topological polar surface area (TPSA) is 37.4 Å². The number of Topliss-reactive ketones (excluding diaryl/α,β-unsaturated/α-hetero) is 1. The van der Waals surface area contributed by atoms with Crippen molar-refractivity contribution in [1.82, 2.24) is 4.90 Å². The van der Waals surface area contributed by atoms with Crippen LogP contribution in [0.25, 0.3) is 5.57 Å². The molecule has 0 spiro atoms. The third-order valence-corrected chi connectivity index (χ3v) is 7.35. The van der Waals surface area contributed by atoms with E-state index in [-0.39, 0.29) is 23.1 Å². The van der Waals surface area contributed by atoms with Crippen LogP contribution in [-0.2, 0) is 15.6 Å². The lowest BCUT2D eigenvalue weighted by molar-refractivity contribution is -0.118. The van der Waals surface area contributed by atoms with Gasteiger partial charge in [-0.3, -0.25) is 13.9 Å². The summed E-state index contributed by atoms with van der Waals surface area (Å²) in [6, 6.07) is 15.8. The number of carbonyl (C=O) groups is 1. The van der Waals surface area contributed by atoms with Gasteiger partial charge in [-0.05, 0) is 45.0 Å². The van der Waals surface area contributed by atoms with Crippen molar-refractivity contribution in [2.45, 2.75) is 42.5 Å². The van der Waals surface area contributed by atoms with Gasteiger partial charge in [-0.2, -0.15) is 0 Å². The molecule has 0 saturated carbocycles. The van der Waals surface area contributed by atoms with Crippen LogP contribution in [0, 0.1) is 13.8 Å². The molecule has 4 rings (SSSR count). The Balaban J connectivity index is 1.69. The summed E-state index contributed by atoms with van der Waals surface area (Å²) in [6.45, 7) is 4.07. The van der Waals surface area contributed by atoms with Gasteiger partial charge in [-0.1, -0.05) is 53.6 Å². The van der Waals surface area contributed by atoms with Crippen molar-refractivity contribution in [3.63, 3.8) is 0 Å². The molecule has 0 amide bonds. The van der Waals surface area contributed by atoms with Crippen molar-refractivity contribution in [2.24, 2.45) is 0 Å². The third-order valence-electron chi connectivity index (χ3n) is 5.59. The van der Waals surface area contributed by atoms with Crippen LogP contribution in [0.1, 0.15) is 23.1 Å². The number of benzene rings is 2. The quantitative estimate of drug-likeness (QED) is 0.835. The second-order valence-electron chi connectivity index (χ2n) is 7.37. The fourth-order valence-electron chi connectivity index (χ4n) is 3.98. The largest absolute Gasteiger partial charge is 0.292 e. The minimum Gasteiger partial charge on any atom is -0.292 e. The van der Waals surface area contributed by atoms with Gasteiger partial charge in [-0.25, -0.2) is 0 Å². The second kappa shape index (κ2) is 6.60. The van der Waals surface area contributed by atoms with E-state index in [2.05, 4.69) is 4.90 Å². The Morgan fingerprint density at radius 1 is 0.962 bits per heavy atom. The first-order valence-electron chi connectivity index (χ1n) is 8.98. The number of aryl methyl sites for hydroxylation is 2. The minimum atomic E-state index is -1.13. The maximum Gasteiger partial charge on any atom is 0.180 e. The molecule has 4 heteroatoms. The molecule has 2 aliphatic heterocycles. The van der Waals surface area contributed by atoms with Gasteiger partial charge in [0.15, 0.2) is 5.78 Å². The van der Waals surface area contributed by atoms with Crippen LogP contribution in [0.5, 0.6) is 0 Å². The summed E-state index contributed by atoms with van der Waals surface area (Å²) in [5.41, 5.74) is 4.08. The molecule has 0 N–H and O–H groups in total. The van der Waals surface area contributed by atoms with Crippen LogP contribution in [0.15, 0.2) is 59.5 Å². The van der Waals surface area contributed by atoms with Gasteiger partial charge in [0.25, 0.3) is 0 Å². The van der Waals surface area contributed by atoms with E-state index >= 15 is 0 Å². The van der Waals surface area contributed by atoms with Crippen molar-refractivity contribution in [3.8, 4) is 0 Å². The van der Waals surface area contributed by atoms with Crippen molar-refractivity contribution in [1.29, 1.82) is 0 Å². The number of likely N-dealkylation sites (N-methyl/N-ethyl adjacent to an activating group) is 1. The molecule has 0 radical (unpaired) electrons. The van der Waals surface area contributed by atoms with E-state index in [0.29, 0.717) is 6.42 Å². The number of rotatable bonds is 3. The van der Waals surface area contributed by atoms with E-state index in [0.717, 1.165) is 21.6 Å². The standard InChI is InChI=1S/C22H23NO2S/c1-14-4-8-16(9-5-14)18-12-19-21(13-20(22(18)24)23(19)3)26(25)17-10-6-15(2)7-11-17/h4-12,19-21H,13H2,1-3H3/t19-,20-,21+,26-/m0/s1. The average molecular weight is 365 g/mol. The first-order chi connectivity index (χ1) is 12.5. The molecule has 0 aliphatic carbocycles. The molecule has 4 atom stereocenters. The van der Waals surface area contributed by atoms with E-state index in [1.807, 2.05) is 75.5 Å². The second-order valence-corrected chi connectivity index (χ2v) is 9.04. The van der Waals surface area contributed by atoms with Crippen LogP contribution in [0.3, 0.4) is 0 Å². The van der Waals surface area contributed by atoms with Crippen molar-refractivity contribution < 1.29 is 9.00 Å². The van der Waals surface area contributed by atoms with Gasteiger partial charge in [0.2, 0.25) is 0 Å². The molecule has 1 fully saturated rings. The maximum absolute atomic E-state index is 13.2. The smallest absolute Gasteiger partial charge is 0.180 e. The maximum atomic E-state index is 13.2. The Kier molecular flexibility index (Phi) is 4.41. The monoisotopic (exact) mass is 365 g/mol. The normalized spacial score (nSPS) is 26.7. The fraction of sp³-hybridized carbons (Fsp3) is 0.318. The molecule has 2 aliphatic rings. The molecule has 1 saturated heterocycles. The summed E-state index contributed by atoms with van der Waals surface area (Å²) in [7, 11) is 0.847. The molecule has 2 aromatic rings. The summed E-state index contributed by atoms with van der Waals surface area (Å²) < 4.78 is 13.2. The molecule has 134 valence electrons. The number of ketones is 1. The molecule has 2 bridgehead atoms. The first kappa shape index (κ1) is 17.4. The van der Waals surface area contributed by atoms with Crippen LogP contribution in [-0.4, -0.2) is 39.3 Å². The summed E-state index contributed by atoms with van der Waals surface area (Å²) in [5.74, 6) is 0.149. The molecule has 26 heavy (non-hydrogen) atoms. The summed E-state index contributed by atoms with van der Waals surface area (Å²) >= 11 is 0. The predicted octanol–water partition coefficient (Wildman–Crippen LogP) is 3.52. The van der Waals surface area contributed by atoms with E-state index in [9.17, 15) is 9.00 Å². The SMILES string of the molecule is Cc1ccc(C2=C[C@H]3[C@H]([S@@](=O)c4ccc(C)cc4)C[C@@H](C2=O)N3C)cc1. The van der Waals surface area contributed by atoms with Gasteiger partial charge >= 0.3 is 0 Å². The molecule has 2 heterocycles. The van der Waals surface area contributed by atoms with Gasteiger partial charge in [0, 0.05) is 16.5 Å². The highest BCUT2D eigenvalue weighted by Gasteiger charge is 2.48. The molecule has 2 aromatic carbocycles. The predicted molar refractivity (Wildman–Crippen MR) is 105 cm³/mol. The van der Waals surface area contributed by atoms with E-state index in [1.54, 1.807) is 0 Å². The molecular formula is C22H23NO2S. The lowest BCUT2D eigenvalue weighted by atomic mass is 9.93. The number of hydrogen-bond acceptors (Lipinski definition) is 3. The van der Waals surface area contributed by atoms with Crippen molar-refractivity contribution >= 4 is 22.2 Å². The lowest BCUT2D eigenvalue weighted by Crippen LogP contribution is -2.42. The zero-order valence-corrected chi connectivity index (χ0v) is 16.1. The Morgan fingerprint density at radius 2 is 1.54 bits per heavy atom. The van der Waals surface area contributed by atoms with Crippen LogP contribution in [0.2, 0.25) is 0 Å². The van der Waals surface area contributed by atoms with Gasteiger partial charge < -0.3 is 0 Å². The van der Waals surface area contributed by atoms with E-state index in [4.69, 9.17) is 0 Å². The molecule has 0 unspecified atom stereocenters. The summed E-state index contributed by atoms with van der Waals surface area (Å²) in [5, 5.41) is -0.0559. The third kappa shape index (κ3) is 2.87. The van der Waals surface area contributed by atoms with E-state index < -0.39 is 10.8 Å². The number of carbonyl (C=O) groups excluding carboxylic acids is 1. The Bertz CT molecular complexity index is 899. The lowest BCUT2D eigenvalue weighted by Gasteiger charge is -2.30. The highest BCUT2D eigenvalue weighted by Crippen LogP contribution is 2.38. The minimum absolute atomic E-state index is 0.0242. The summed E-state index contributed by atoms with van der Waals surface area (Å²) in [6.07, 6.45) is 2.68. The number of nitrogens with zero attached hydrogens (tertiary/aromatic N) is 1. The first-order valence-corrected chi connectivity index (χ1v) is 10.2. The Morgan fingerprint density at radius 3 is 2.15 bits per heavy atom. The van der Waals surface area contributed by atoms with E-state index in [1.165, 1.54) is 5.56 Å². The zero-order chi connectivity index (χ0) is 18.4. The Hall–Kier alpha value is -2.04. The summed E-state index contributed by atoms with van der Waals surface area (Å²) in [4.78, 5) is 16.0. The van der Waals surface area contributed by atoms with Crippen LogP contribution in [0.4, 0.5) is 0 Å². The zero-order valence-electron chi connectivity index (χ0n) is 15.3. The average Bonchev–Trinajstić information content (AvgIpc) is 2.87. The highest BCUT2D eigenvalue weighted by molar-refractivity contribution is 7.85. The molecule has 3 nitrogen and oxygen atoms in total. The van der Waals surface area contributed by atoms with Crippen molar-refractivity contribution in [3.05, 3.63) is 71.3 Å². The van der Waals surface area contributed by atoms with Crippen molar-refractivity contribution in [2.75, 3.05) is 7.05 Å². The number of fused-ring (bicyclic) bond motifs is 2. The molecular weight excluding hydrogens is 342 g/mol. The van der Waals surface area contributed by atoms with Crippen LogP contribution >= 0.6 is 0 Å². The van der Waals surface area contributed by atoms with Gasteiger partial charge in [0.1, 0.15) is 0 Å².